The average molecular weight is 455 g/mol. The van der Waals surface area contributed by atoms with Gasteiger partial charge in [0.25, 0.3) is 5.91 Å². The first-order valence-electron chi connectivity index (χ1n) is 12.1. The van der Waals surface area contributed by atoms with Crippen LogP contribution < -0.4 is 10.1 Å². The molecule has 3 atom stereocenters. The van der Waals surface area contributed by atoms with E-state index < -0.39 is 0 Å². The number of halogens is 1. The van der Waals surface area contributed by atoms with Crippen LogP contribution in [-0.4, -0.2) is 42.6 Å². The molecule has 172 valence electrons. The van der Waals surface area contributed by atoms with E-state index in [1.165, 1.54) is 37.7 Å². The number of likely N-dealkylation sites (tertiary alicyclic amines) is 1. The third-order valence-corrected chi connectivity index (χ3v) is 6.78. The Morgan fingerprint density at radius 1 is 1.12 bits per heavy atom. The molecule has 1 amide bonds. The highest BCUT2D eigenvalue weighted by molar-refractivity contribution is 6.30. The Labute approximate surface area is 197 Å². The van der Waals surface area contributed by atoms with Crippen LogP contribution in [0.1, 0.15) is 49.8 Å². The van der Waals surface area contributed by atoms with Gasteiger partial charge in [-0.1, -0.05) is 50.1 Å². The highest BCUT2D eigenvalue weighted by Crippen LogP contribution is 2.34. The molecule has 1 aliphatic heterocycles. The van der Waals surface area contributed by atoms with Crippen LogP contribution in [0.3, 0.4) is 0 Å². The minimum atomic E-state index is -0.0507. The van der Waals surface area contributed by atoms with Gasteiger partial charge in [-0.25, -0.2) is 0 Å². The van der Waals surface area contributed by atoms with E-state index in [0.717, 1.165) is 25.4 Å². The number of nitrogens with one attached hydrogen (secondary N) is 1. The summed E-state index contributed by atoms with van der Waals surface area (Å²) in [5.74, 6) is 1.35. The van der Waals surface area contributed by atoms with Crippen LogP contribution in [0.5, 0.6) is 5.75 Å². The maximum absolute atomic E-state index is 12.2. The Hall–Kier alpha value is -2.04. The zero-order valence-corrected chi connectivity index (χ0v) is 20.0. The maximum atomic E-state index is 12.2. The van der Waals surface area contributed by atoms with Gasteiger partial charge >= 0.3 is 0 Å². The van der Waals surface area contributed by atoms with Gasteiger partial charge in [-0.05, 0) is 85.5 Å². The van der Waals surface area contributed by atoms with E-state index >= 15 is 0 Å². The second-order valence-electron chi connectivity index (χ2n) is 9.38. The standard InChI is InChI=1S/C24H27ClN2O2.C3H8/c25-20-5-7-21(8-6-20)29-15-24(28)26-22-13-23(22)27-10-9-17(14-27)11-16-1-2-18-3-4-19(18)12-16;1-3-2/h1-2,5-8,12,17,22-23H,3-4,9-11,13-15H2,(H,26,28);3H2,1-2H3. The summed E-state index contributed by atoms with van der Waals surface area (Å²) in [4.78, 5) is 14.8. The molecule has 2 aromatic carbocycles. The number of ether oxygens (including phenoxy) is 1. The molecular formula is C27H35ClN2O2. The van der Waals surface area contributed by atoms with Crippen molar-refractivity contribution < 1.29 is 9.53 Å². The molecule has 3 unspecified atom stereocenters. The summed E-state index contributed by atoms with van der Waals surface area (Å²) in [5.41, 5.74) is 4.59. The smallest absolute Gasteiger partial charge is 0.258 e. The molecule has 0 bridgehead atoms. The predicted molar refractivity (Wildman–Crippen MR) is 130 cm³/mol. The lowest BCUT2D eigenvalue weighted by molar-refractivity contribution is -0.123. The fraction of sp³-hybridized carbons (Fsp3) is 0.519. The Morgan fingerprint density at radius 2 is 1.88 bits per heavy atom. The molecule has 5 rings (SSSR count). The molecule has 5 heteroatoms. The summed E-state index contributed by atoms with van der Waals surface area (Å²) >= 11 is 5.86. The quantitative estimate of drug-likeness (QED) is 0.636. The molecule has 2 aromatic rings. The van der Waals surface area contributed by atoms with Crippen molar-refractivity contribution in [2.75, 3.05) is 19.7 Å². The zero-order chi connectivity index (χ0) is 22.5. The fourth-order valence-electron chi connectivity index (χ4n) is 4.71. The van der Waals surface area contributed by atoms with Gasteiger partial charge in [0.05, 0.1) is 0 Å². The maximum Gasteiger partial charge on any atom is 0.258 e. The SMILES string of the molecule is CCC.O=C(COc1ccc(Cl)cc1)NC1CC1N1CCC(Cc2ccc3c(c2)CC3)C1. The third-order valence-electron chi connectivity index (χ3n) is 6.53. The largest absolute Gasteiger partial charge is 0.484 e. The van der Waals surface area contributed by atoms with Crippen LogP contribution in [0.15, 0.2) is 42.5 Å². The lowest BCUT2D eigenvalue weighted by Gasteiger charge is -2.20. The van der Waals surface area contributed by atoms with Crippen LogP contribution in [0.25, 0.3) is 0 Å². The number of hydrogen-bond donors (Lipinski definition) is 1. The lowest BCUT2D eigenvalue weighted by atomic mass is 9.85. The second kappa shape index (κ2) is 10.7. The van der Waals surface area contributed by atoms with E-state index in [-0.39, 0.29) is 18.6 Å². The van der Waals surface area contributed by atoms with Gasteiger partial charge in [-0.3, -0.25) is 9.69 Å². The van der Waals surface area contributed by atoms with Crippen LogP contribution >= 0.6 is 11.6 Å². The number of fused-ring (bicyclic) bond motifs is 1. The van der Waals surface area contributed by atoms with Crippen LogP contribution in [-0.2, 0) is 24.1 Å². The van der Waals surface area contributed by atoms with Gasteiger partial charge in [-0.15, -0.1) is 0 Å². The normalized spacial score (nSPS) is 23.4. The topological polar surface area (TPSA) is 41.6 Å². The molecule has 1 heterocycles. The monoisotopic (exact) mass is 454 g/mol. The van der Waals surface area contributed by atoms with E-state index in [4.69, 9.17) is 16.3 Å². The molecule has 0 spiro atoms. The number of carbonyl (C=O) groups excluding carboxylic acids is 1. The molecule has 32 heavy (non-hydrogen) atoms. The summed E-state index contributed by atoms with van der Waals surface area (Å²) < 4.78 is 5.53. The molecule has 1 saturated heterocycles. The Balaban J connectivity index is 0.000000775. The minimum Gasteiger partial charge on any atom is -0.484 e. The van der Waals surface area contributed by atoms with E-state index in [2.05, 4.69) is 42.3 Å². The van der Waals surface area contributed by atoms with E-state index in [0.29, 0.717) is 16.8 Å². The lowest BCUT2D eigenvalue weighted by Crippen LogP contribution is -2.36. The molecule has 2 fully saturated rings. The highest BCUT2D eigenvalue weighted by atomic mass is 35.5. The van der Waals surface area contributed by atoms with Crippen molar-refractivity contribution in [2.45, 2.75) is 64.5 Å². The fourth-order valence-corrected chi connectivity index (χ4v) is 4.83. The third kappa shape index (κ3) is 6.05. The Bertz CT molecular complexity index is 914. The van der Waals surface area contributed by atoms with Crippen LogP contribution in [0, 0.1) is 5.92 Å². The highest BCUT2D eigenvalue weighted by Gasteiger charge is 2.44. The van der Waals surface area contributed by atoms with Gasteiger partial charge in [0, 0.05) is 23.7 Å². The van der Waals surface area contributed by atoms with E-state index in [1.807, 2.05) is 0 Å². The van der Waals surface area contributed by atoms with Crippen LogP contribution in [0.2, 0.25) is 5.02 Å². The Morgan fingerprint density at radius 3 is 2.56 bits per heavy atom. The predicted octanol–water partition coefficient (Wildman–Crippen LogP) is 5.06. The average Bonchev–Trinajstić information content (AvgIpc) is 3.36. The number of rotatable bonds is 7. The number of benzene rings is 2. The summed E-state index contributed by atoms with van der Waals surface area (Å²) in [6, 6.07) is 14.9. The molecular weight excluding hydrogens is 420 g/mol. The van der Waals surface area contributed by atoms with Crippen molar-refractivity contribution >= 4 is 17.5 Å². The molecule has 4 nitrogen and oxygen atoms in total. The van der Waals surface area contributed by atoms with Crippen molar-refractivity contribution in [3.63, 3.8) is 0 Å². The second-order valence-corrected chi connectivity index (χ2v) is 9.82. The summed E-state index contributed by atoms with van der Waals surface area (Å²) in [6.45, 7) is 6.59. The first-order valence-corrected chi connectivity index (χ1v) is 12.5. The first-order chi connectivity index (χ1) is 15.6. The van der Waals surface area contributed by atoms with Gasteiger partial charge in [0.15, 0.2) is 6.61 Å². The minimum absolute atomic E-state index is 0.0474. The number of amides is 1. The number of carbonyl (C=O) groups is 1. The van der Waals surface area contributed by atoms with Crippen molar-refractivity contribution in [2.24, 2.45) is 5.92 Å². The summed E-state index contributed by atoms with van der Waals surface area (Å²) in [6.07, 6.45) is 7.26. The zero-order valence-electron chi connectivity index (χ0n) is 19.3. The first kappa shape index (κ1) is 23.1. The van der Waals surface area contributed by atoms with Gasteiger partial charge in [0.2, 0.25) is 0 Å². The van der Waals surface area contributed by atoms with Crippen molar-refractivity contribution in [3.8, 4) is 5.75 Å². The van der Waals surface area contributed by atoms with Crippen molar-refractivity contribution in [3.05, 3.63) is 64.2 Å². The van der Waals surface area contributed by atoms with Gasteiger partial charge in [-0.2, -0.15) is 0 Å². The van der Waals surface area contributed by atoms with E-state index in [9.17, 15) is 4.79 Å². The number of hydrogen-bond acceptors (Lipinski definition) is 3. The van der Waals surface area contributed by atoms with Gasteiger partial charge < -0.3 is 10.1 Å². The molecule has 2 aliphatic carbocycles. The van der Waals surface area contributed by atoms with Gasteiger partial charge in [0.1, 0.15) is 5.75 Å². The number of nitrogens with zero attached hydrogens (tertiary/aromatic N) is 1. The molecule has 1 saturated carbocycles. The van der Waals surface area contributed by atoms with Crippen molar-refractivity contribution in [1.29, 1.82) is 0 Å². The summed E-state index contributed by atoms with van der Waals surface area (Å²) in [5, 5.41) is 3.78. The van der Waals surface area contributed by atoms with E-state index in [1.54, 1.807) is 35.4 Å². The van der Waals surface area contributed by atoms with Crippen LogP contribution in [0.4, 0.5) is 0 Å². The summed E-state index contributed by atoms with van der Waals surface area (Å²) in [7, 11) is 0. The molecule has 0 radical (unpaired) electrons. The number of aryl methyl sites for hydroxylation is 2. The molecule has 3 aliphatic rings. The van der Waals surface area contributed by atoms with Crippen molar-refractivity contribution in [1.82, 2.24) is 10.2 Å². The Kier molecular flexibility index (Phi) is 7.75. The molecule has 0 aromatic heterocycles. The molecule has 1 N–H and O–H groups in total.